The Morgan fingerprint density at radius 1 is 1.08 bits per heavy atom. The lowest BCUT2D eigenvalue weighted by atomic mass is 10.1. The molecule has 0 spiro atoms. The molecule has 0 saturated heterocycles. The molecule has 0 saturated carbocycles. The van der Waals surface area contributed by atoms with Crippen molar-refractivity contribution in [2.45, 2.75) is 34.2 Å². The van der Waals surface area contributed by atoms with E-state index in [1.165, 1.54) is 12.5 Å². The maximum atomic E-state index is 12.8. The normalized spacial score (nSPS) is 11.0. The molecule has 0 aliphatic rings. The number of benzene rings is 1. The molecule has 0 aliphatic heterocycles. The van der Waals surface area contributed by atoms with Crippen LogP contribution in [0.5, 0.6) is 0 Å². The number of anilines is 1. The number of aromatic nitrogens is 1. The summed E-state index contributed by atoms with van der Waals surface area (Å²) in [5, 5.41) is 0. The average Bonchev–Trinajstić information content (AvgIpc) is 2.89. The molecule has 0 bridgehead atoms. The minimum absolute atomic E-state index is 0.0105. The molecule has 26 heavy (non-hydrogen) atoms. The van der Waals surface area contributed by atoms with Gasteiger partial charge in [-0.3, -0.25) is 14.5 Å². The van der Waals surface area contributed by atoms with Crippen molar-refractivity contribution in [2.24, 2.45) is 0 Å². The number of carbonyl (C=O) groups is 2. The van der Waals surface area contributed by atoms with Crippen molar-refractivity contribution in [1.82, 2.24) is 9.88 Å². The third kappa shape index (κ3) is 4.41. The first-order valence-corrected chi connectivity index (χ1v) is 8.96. The fraction of sp³-hybridized carbons (Fsp3) is 0.429. The van der Waals surface area contributed by atoms with Crippen molar-refractivity contribution < 1.29 is 9.59 Å². The largest absolute Gasteiger partial charge is 0.378 e. The Bertz CT molecular complexity index is 788. The van der Waals surface area contributed by atoms with Crippen molar-refractivity contribution in [3.05, 3.63) is 52.3 Å². The van der Waals surface area contributed by atoms with E-state index in [2.05, 4.69) is 46.0 Å². The minimum atomic E-state index is -0.0105. The summed E-state index contributed by atoms with van der Waals surface area (Å²) in [4.78, 5) is 31.8. The first-order chi connectivity index (χ1) is 12.2. The van der Waals surface area contributed by atoms with E-state index in [9.17, 15) is 9.59 Å². The summed E-state index contributed by atoms with van der Waals surface area (Å²) in [6, 6.07) is 8.37. The molecule has 5 heteroatoms. The molecule has 0 atom stereocenters. The lowest BCUT2D eigenvalue weighted by molar-refractivity contribution is 0.0924. The van der Waals surface area contributed by atoms with Crippen LogP contribution in [-0.4, -0.2) is 48.6 Å². The van der Waals surface area contributed by atoms with E-state index in [1.807, 2.05) is 27.9 Å². The number of rotatable bonds is 8. The number of nitrogens with one attached hydrogen (secondary N) is 1. The lowest BCUT2D eigenvalue weighted by Gasteiger charge is -2.20. The maximum absolute atomic E-state index is 12.8. The van der Waals surface area contributed by atoms with Crippen LogP contribution in [0, 0.1) is 13.8 Å². The summed E-state index contributed by atoms with van der Waals surface area (Å²) in [5.41, 5.74) is 5.04. The zero-order chi connectivity index (χ0) is 19.4. The van der Waals surface area contributed by atoms with E-state index in [-0.39, 0.29) is 11.6 Å². The smallest absolute Gasteiger partial charge is 0.193 e. The average molecular weight is 355 g/mol. The number of ketones is 2. The molecule has 0 unspecified atom stereocenters. The number of hydrogen-bond acceptors (Lipinski definition) is 4. The molecule has 0 amide bonds. The van der Waals surface area contributed by atoms with E-state index >= 15 is 0 Å². The van der Waals surface area contributed by atoms with Gasteiger partial charge in [-0.25, -0.2) is 0 Å². The van der Waals surface area contributed by atoms with Gasteiger partial charge in [-0.1, -0.05) is 19.1 Å². The summed E-state index contributed by atoms with van der Waals surface area (Å²) in [6.07, 6.45) is 0. The van der Waals surface area contributed by atoms with Gasteiger partial charge in [-0.15, -0.1) is 0 Å². The van der Waals surface area contributed by atoms with Gasteiger partial charge in [0, 0.05) is 37.6 Å². The zero-order valence-corrected chi connectivity index (χ0v) is 16.6. The van der Waals surface area contributed by atoms with Crippen LogP contribution in [0.3, 0.4) is 0 Å². The zero-order valence-electron chi connectivity index (χ0n) is 16.6. The standard InChI is InChI=1S/C21H29N3O2/c1-7-24(12-17-8-10-18(11-9-17)23(5)6)13-19(26)21-14(2)20(16(4)25)15(3)22-21/h8-11,22H,7,12-13H2,1-6H3. The van der Waals surface area contributed by atoms with Crippen LogP contribution < -0.4 is 4.90 Å². The van der Waals surface area contributed by atoms with Crippen LogP contribution in [0.25, 0.3) is 0 Å². The second-order valence-corrected chi connectivity index (χ2v) is 6.97. The predicted octanol–water partition coefficient (Wildman–Crippen LogP) is 3.60. The molecule has 1 aromatic heterocycles. The summed E-state index contributed by atoms with van der Waals surface area (Å²) in [7, 11) is 4.03. The quantitative estimate of drug-likeness (QED) is 0.735. The summed E-state index contributed by atoms with van der Waals surface area (Å²) in [6.45, 7) is 9.08. The first-order valence-electron chi connectivity index (χ1n) is 8.96. The van der Waals surface area contributed by atoms with E-state index < -0.39 is 0 Å². The minimum Gasteiger partial charge on any atom is -0.378 e. The monoisotopic (exact) mass is 355 g/mol. The summed E-state index contributed by atoms with van der Waals surface area (Å²) in [5.74, 6) is 0.00786. The highest BCUT2D eigenvalue weighted by molar-refractivity contribution is 6.03. The topological polar surface area (TPSA) is 56.4 Å². The second kappa shape index (κ2) is 8.32. The van der Waals surface area contributed by atoms with Crippen molar-refractivity contribution in [3.63, 3.8) is 0 Å². The fourth-order valence-electron chi connectivity index (χ4n) is 3.28. The Hall–Kier alpha value is -2.40. The summed E-state index contributed by atoms with van der Waals surface area (Å²) >= 11 is 0. The molecule has 2 rings (SSSR count). The van der Waals surface area contributed by atoms with E-state index in [0.717, 1.165) is 23.5 Å². The lowest BCUT2D eigenvalue weighted by Crippen LogP contribution is -2.30. The Morgan fingerprint density at radius 2 is 1.69 bits per heavy atom. The fourth-order valence-corrected chi connectivity index (χ4v) is 3.28. The highest BCUT2D eigenvalue weighted by Gasteiger charge is 2.21. The van der Waals surface area contributed by atoms with Crippen LogP contribution in [-0.2, 0) is 6.54 Å². The molecule has 5 nitrogen and oxygen atoms in total. The highest BCUT2D eigenvalue weighted by Crippen LogP contribution is 2.20. The maximum Gasteiger partial charge on any atom is 0.193 e. The Morgan fingerprint density at radius 3 is 2.15 bits per heavy atom. The van der Waals surface area contributed by atoms with Gasteiger partial charge in [0.1, 0.15) is 0 Å². The number of nitrogens with zero attached hydrogens (tertiary/aromatic N) is 2. The molecule has 140 valence electrons. The molecule has 1 heterocycles. The number of carbonyl (C=O) groups excluding carboxylic acids is 2. The molecule has 2 aromatic rings. The number of H-pyrrole nitrogens is 1. The third-order valence-corrected chi connectivity index (χ3v) is 4.74. The highest BCUT2D eigenvalue weighted by atomic mass is 16.1. The van der Waals surface area contributed by atoms with E-state index in [4.69, 9.17) is 0 Å². The second-order valence-electron chi connectivity index (χ2n) is 6.97. The van der Waals surface area contributed by atoms with Gasteiger partial charge in [0.05, 0.1) is 12.2 Å². The van der Waals surface area contributed by atoms with Crippen LogP contribution in [0.15, 0.2) is 24.3 Å². The van der Waals surface area contributed by atoms with Gasteiger partial charge in [-0.2, -0.15) is 0 Å². The predicted molar refractivity (Wildman–Crippen MR) is 106 cm³/mol. The van der Waals surface area contributed by atoms with E-state index in [0.29, 0.717) is 24.3 Å². The molecule has 1 aromatic carbocycles. The summed E-state index contributed by atoms with van der Waals surface area (Å²) < 4.78 is 0. The molecule has 0 aliphatic carbocycles. The number of likely N-dealkylation sites (N-methyl/N-ethyl adjacent to an activating group) is 1. The molecule has 0 radical (unpaired) electrons. The van der Waals surface area contributed by atoms with Crippen LogP contribution >= 0.6 is 0 Å². The Labute approximate surface area is 156 Å². The number of aromatic amines is 1. The van der Waals surface area contributed by atoms with Crippen molar-refractivity contribution in [2.75, 3.05) is 32.1 Å². The third-order valence-electron chi connectivity index (χ3n) is 4.74. The van der Waals surface area contributed by atoms with Crippen LogP contribution in [0.2, 0.25) is 0 Å². The van der Waals surface area contributed by atoms with Crippen molar-refractivity contribution >= 4 is 17.3 Å². The van der Waals surface area contributed by atoms with Crippen molar-refractivity contribution in [3.8, 4) is 0 Å². The van der Waals surface area contributed by atoms with Gasteiger partial charge >= 0.3 is 0 Å². The number of Topliss-reactive ketones (excluding diaryl/α,β-unsaturated/α-hetero) is 2. The van der Waals surface area contributed by atoms with Gasteiger partial charge < -0.3 is 9.88 Å². The number of hydrogen-bond donors (Lipinski definition) is 1. The Kier molecular flexibility index (Phi) is 6.37. The van der Waals surface area contributed by atoms with Gasteiger partial charge in [0.25, 0.3) is 0 Å². The Balaban J connectivity index is 2.11. The van der Waals surface area contributed by atoms with Crippen LogP contribution in [0.1, 0.15) is 51.5 Å². The van der Waals surface area contributed by atoms with Gasteiger partial charge in [-0.05, 0) is 50.6 Å². The molecular formula is C21H29N3O2. The molecule has 1 N–H and O–H groups in total. The first kappa shape index (κ1) is 19.9. The van der Waals surface area contributed by atoms with Crippen LogP contribution in [0.4, 0.5) is 5.69 Å². The number of aryl methyl sites for hydroxylation is 1. The van der Waals surface area contributed by atoms with Crippen molar-refractivity contribution in [1.29, 1.82) is 0 Å². The van der Waals surface area contributed by atoms with Gasteiger partial charge in [0.15, 0.2) is 11.6 Å². The van der Waals surface area contributed by atoms with Gasteiger partial charge in [0.2, 0.25) is 0 Å². The molecular weight excluding hydrogens is 326 g/mol. The molecule has 0 fully saturated rings. The SMILES string of the molecule is CCN(CC(=O)c1[nH]c(C)c(C(C)=O)c1C)Cc1ccc(N(C)C)cc1. The van der Waals surface area contributed by atoms with E-state index in [1.54, 1.807) is 0 Å².